The van der Waals surface area contributed by atoms with Gasteiger partial charge < -0.3 is 14.9 Å². The van der Waals surface area contributed by atoms with Crippen LogP contribution in [0.4, 0.5) is 0 Å². The number of aliphatic carboxylic acids is 1. The molecule has 2 aliphatic rings. The highest BCUT2D eigenvalue weighted by atomic mass is 16.5. The van der Waals surface area contributed by atoms with Gasteiger partial charge in [0, 0.05) is 18.7 Å². The van der Waals surface area contributed by atoms with Gasteiger partial charge in [0.05, 0.1) is 18.1 Å². The Balaban J connectivity index is 1.51. The van der Waals surface area contributed by atoms with Crippen LogP contribution in [0.1, 0.15) is 46.7 Å². The van der Waals surface area contributed by atoms with E-state index >= 15 is 0 Å². The predicted octanol–water partition coefficient (Wildman–Crippen LogP) is 4.28. The Morgan fingerprint density at radius 2 is 1.69 bits per heavy atom. The van der Waals surface area contributed by atoms with Gasteiger partial charge in [-0.15, -0.1) is 0 Å². The summed E-state index contributed by atoms with van der Waals surface area (Å²) in [6.07, 6.45) is 1.26. The first-order chi connectivity index (χ1) is 15.5. The number of piperidine rings is 1. The third-order valence-corrected chi connectivity index (χ3v) is 6.76. The van der Waals surface area contributed by atoms with E-state index < -0.39 is 11.6 Å². The molecule has 164 valence electrons. The molecule has 5 heteroatoms. The van der Waals surface area contributed by atoms with Crippen LogP contribution in [0.2, 0.25) is 0 Å². The average Bonchev–Trinajstić information content (AvgIpc) is 2.97. The molecule has 0 bridgehead atoms. The second kappa shape index (κ2) is 8.41. The topological polar surface area (TPSA) is 70.0 Å². The predicted molar refractivity (Wildman–Crippen MR) is 122 cm³/mol. The minimum atomic E-state index is -0.845. The number of fused-ring (bicyclic) bond motifs is 2. The highest BCUT2D eigenvalue weighted by molar-refractivity contribution is 5.70. The van der Waals surface area contributed by atoms with E-state index in [4.69, 9.17) is 4.74 Å². The molecular formula is C27H27NO4. The third kappa shape index (κ3) is 3.90. The second-order valence-corrected chi connectivity index (χ2v) is 8.77. The summed E-state index contributed by atoms with van der Waals surface area (Å²) in [5.74, 6) is -0.0495. The quantitative estimate of drug-likeness (QED) is 0.648. The van der Waals surface area contributed by atoms with Crippen molar-refractivity contribution in [3.8, 4) is 5.75 Å². The van der Waals surface area contributed by atoms with Gasteiger partial charge in [-0.1, -0.05) is 60.7 Å². The Morgan fingerprint density at radius 1 is 0.969 bits per heavy atom. The molecule has 5 rings (SSSR count). The first kappa shape index (κ1) is 20.7. The first-order valence-corrected chi connectivity index (χ1v) is 11.1. The van der Waals surface area contributed by atoms with Gasteiger partial charge in [0.1, 0.15) is 12.4 Å². The highest BCUT2D eigenvalue weighted by Crippen LogP contribution is 2.43. The number of carbonyl (C=O) groups is 1. The number of likely N-dealkylation sites (tertiary alicyclic amines) is 1. The van der Waals surface area contributed by atoms with Crippen molar-refractivity contribution >= 4 is 5.97 Å². The molecule has 1 fully saturated rings. The molecule has 0 spiro atoms. The lowest BCUT2D eigenvalue weighted by atomic mass is 9.82. The SMILES string of the molecule is O=C(O)Cc1ccc2c(c1)C(N1CCC(O)(c3ccccc3)CC1)c1ccccc1CO2. The molecule has 0 amide bonds. The molecular weight excluding hydrogens is 402 g/mol. The Hall–Kier alpha value is -3.15. The zero-order valence-electron chi connectivity index (χ0n) is 17.9. The van der Waals surface area contributed by atoms with Crippen LogP contribution < -0.4 is 4.74 Å². The van der Waals surface area contributed by atoms with Crippen LogP contribution in [0.15, 0.2) is 72.8 Å². The van der Waals surface area contributed by atoms with Crippen LogP contribution in [-0.4, -0.2) is 34.2 Å². The number of hydrogen-bond donors (Lipinski definition) is 2. The Labute approximate surface area is 187 Å². The van der Waals surface area contributed by atoms with Crippen molar-refractivity contribution in [2.75, 3.05) is 13.1 Å². The lowest BCUT2D eigenvalue weighted by Gasteiger charge is -2.42. The largest absolute Gasteiger partial charge is 0.489 e. The molecule has 1 unspecified atom stereocenters. The van der Waals surface area contributed by atoms with Gasteiger partial charge in [-0.25, -0.2) is 0 Å². The van der Waals surface area contributed by atoms with Crippen molar-refractivity contribution in [1.82, 2.24) is 4.90 Å². The second-order valence-electron chi connectivity index (χ2n) is 8.77. The van der Waals surface area contributed by atoms with Gasteiger partial charge in [-0.2, -0.15) is 0 Å². The molecule has 2 aliphatic heterocycles. The Bertz CT molecular complexity index is 1120. The fourth-order valence-electron chi connectivity index (χ4n) is 5.07. The van der Waals surface area contributed by atoms with Crippen molar-refractivity contribution < 1.29 is 19.7 Å². The van der Waals surface area contributed by atoms with Crippen LogP contribution in [0.5, 0.6) is 5.75 Å². The Kier molecular flexibility index (Phi) is 5.45. The van der Waals surface area contributed by atoms with Crippen LogP contribution in [0.25, 0.3) is 0 Å². The smallest absolute Gasteiger partial charge is 0.307 e. The van der Waals surface area contributed by atoms with Crippen molar-refractivity contribution in [2.24, 2.45) is 0 Å². The minimum absolute atomic E-state index is 0.0184. The van der Waals surface area contributed by atoms with Gasteiger partial charge in [0.2, 0.25) is 0 Å². The van der Waals surface area contributed by atoms with E-state index in [2.05, 4.69) is 17.0 Å². The summed E-state index contributed by atoms with van der Waals surface area (Å²) in [4.78, 5) is 13.7. The zero-order chi connectivity index (χ0) is 22.1. The fraction of sp³-hybridized carbons (Fsp3) is 0.296. The summed E-state index contributed by atoms with van der Waals surface area (Å²) < 4.78 is 6.14. The number of rotatable bonds is 4. The van der Waals surface area contributed by atoms with Crippen molar-refractivity contribution in [3.05, 3.63) is 101 Å². The molecule has 1 saturated heterocycles. The summed E-state index contributed by atoms with van der Waals surface area (Å²) in [6.45, 7) is 1.94. The molecule has 32 heavy (non-hydrogen) atoms. The van der Waals surface area contributed by atoms with Crippen molar-refractivity contribution in [1.29, 1.82) is 0 Å². The number of benzene rings is 3. The van der Waals surface area contributed by atoms with E-state index in [0.29, 0.717) is 19.4 Å². The third-order valence-electron chi connectivity index (χ3n) is 6.76. The maximum atomic E-state index is 11.3. The number of ether oxygens (including phenoxy) is 1. The van der Waals surface area contributed by atoms with Crippen LogP contribution in [-0.2, 0) is 23.4 Å². The summed E-state index contributed by atoms with van der Waals surface area (Å²) in [5, 5.41) is 20.6. The number of nitrogens with zero attached hydrogens (tertiary/aromatic N) is 1. The fourth-order valence-corrected chi connectivity index (χ4v) is 5.07. The van der Waals surface area contributed by atoms with Crippen molar-refractivity contribution in [3.63, 3.8) is 0 Å². The van der Waals surface area contributed by atoms with Crippen LogP contribution in [0, 0.1) is 0 Å². The molecule has 0 aromatic heterocycles. The minimum Gasteiger partial charge on any atom is -0.489 e. The highest BCUT2D eigenvalue weighted by Gasteiger charge is 2.38. The average molecular weight is 430 g/mol. The van der Waals surface area contributed by atoms with Crippen LogP contribution in [0.3, 0.4) is 0 Å². The molecule has 2 N–H and O–H groups in total. The molecule has 0 aliphatic carbocycles. The van der Waals surface area contributed by atoms with E-state index in [0.717, 1.165) is 41.1 Å². The summed E-state index contributed by atoms with van der Waals surface area (Å²) in [7, 11) is 0. The maximum Gasteiger partial charge on any atom is 0.307 e. The normalized spacial score (nSPS) is 19.8. The first-order valence-electron chi connectivity index (χ1n) is 11.1. The Morgan fingerprint density at radius 3 is 2.44 bits per heavy atom. The number of hydrogen-bond acceptors (Lipinski definition) is 4. The lowest BCUT2D eigenvalue weighted by molar-refractivity contribution is -0.136. The molecule has 5 nitrogen and oxygen atoms in total. The summed E-state index contributed by atoms with van der Waals surface area (Å²) in [5.41, 5.74) is 4.22. The van der Waals surface area contributed by atoms with E-state index in [1.165, 1.54) is 5.56 Å². The molecule has 1 atom stereocenters. The standard InChI is InChI=1S/C27H27NO4/c29-25(30)17-19-10-11-24-23(16-19)26(22-9-5-4-6-20(22)18-32-24)28-14-12-27(31,13-15-28)21-7-2-1-3-8-21/h1-11,16,26,31H,12-15,17-18H2,(H,29,30). The van der Waals surface area contributed by atoms with Crippen LogP contribution >= 0.6 is 0 Å². The maximum absolute atomic E-state index is 11.3. The van der Waals surface area contributed by atoms with Gasteiger partial charge in [0.15, 0.2) is 0 Å². The number of aliphatic hydroxyl groups is 1. The lowest BCUT2D eigenvalue weighted by Crippen LogP contribution is -2.44. The molecule has 3 aromatic carbocycles. The zero-order valence-corrected chi connectivity index (χ0v) is 17.9. The summed E-state index contributed by atoms with van der Waals surface area (Å²) >= 11 is 0. The van der Waals surface area contributed by atoms with E-state index in [1.807, 2.05) is 60.7 Å². The van der Waals surface area contributed by atoms with Gasteiger partial charge in [0.25, 0.3) is 0 Å². The molecule has 2 heterocycles. The van der Waals surface area contributed by atoms with E-state index in [1.54, 1.807) is 0 Å². The molecule has 3 aromatic rings. The van der Waals surface area contributed by atoms with Gasteiger partial charge in [-0.3, -0.25) is 9.69 Å². The van der Waals surface area contributed by atoms with Gasteiger partial charge in [-0.05, 0) is 47.2 Å². The van der Waals surface area contributed by atoms with E-state index in [9.17, 15) is 15.0 Å². The van der Waals surface area contributed by atoms with Gasteiger partial charge >= 0.3 is 5.97 Å². The van der Waals surface area contributed by atoms with E-state index in [-0.39, 0.29) is 12.5 Å². The molecule has 0 radical (unpaired) electrons. The van der Waals surface area contributed by atoms with Crippen molar-refractivity contribution in [2.45, 2.75) is 37.5 Å². The molecule has 0 saturated carbocycles. The monoisotopic (exact) mass is 429 g/mol. The number of carboxylic acid groups (broad SMARTS) is 1. The summed E-state index contributed by atoms with van der Waals surface area (Å²) in [6, 6.07) is 23.9. The number of carboxylic acids is 1.